The molecule has 1 aromatic heterocycles. The Labute approximate surface area is 148 Å². The lowest BCUT2D eigenvalue weighted by molar-refractivity contribution is -0.136. The molecular formula is C18H23NO5S. The van der Waals surface area contributed by atoms with Crippen LogP contribution >= 0.6 is 0 Å². The lowest BCUT2D eigenvalue weighted by atomic mass is 10.1. The van der Waals surface area contributed by atoms with Crippen LogP contribution in [0.2, 0.25) is 0 Å². The van der Waals surface area contributed by atoms with Crippen molar-refractivity contribution in [2.45, 2.75) is 33.9 Å². The Balaban J connectivity index is 2.19. The predicted octanol–water partition coefficient (Wildman–Crippen LogP) is 3.19. The van der Waals surface area contributed by atoms with Crippen molar-refractivity contribution >= 4 is 16.0 Å². The Hall–Kier alpha value is -2.28. The van der Waals surface area contributed by atoms with Crippen LogP contribution in [0.3, 0.4) is 0 Å². The quantitative estimate of drug-likeness (QED) is 0.672. The maximum absolute atomic E-state index is 12.5. The summed E-state index contributed by atoms with van der Waals surface area (Å²) in [6.07, 6.45) is 1.57. The fourth-order valence-corrected chi connectivity index (χ4v) is 2.80. The summed E-state index contributed by atoms with van der Waals surface area (Å²) in [6.45, 7) is 5.88. The van der Waals surface area contributed by atoms with Gasteiger partial charge in [0.15, 0.2) is 0 Å². The van der Waals surface area contributed by atoms with E-state index in [0.717, 1.165) is 5.56 Å². The smallest absolute Gasteiger partial charge is 0.308 e. The predicted molar refractivity (Wildman–Crippen MR) is 94.3 cm³/mol. The van der Waals surface area contributed by atoms with Gasteiger partial charge in [-0.2, -0.15) is 8.42 Å². The number of hydrogen-bond donors (Lipinski definition) is 0. The Morgan fingerprint density at radius 2 is 1.96 bits per heavy atom. The highest BCUT2D eigenvalue weighted by Gasteiger charge is 2.19. The summed E-state index contributed by atoms with van der Waals surface area (Å²) in [5.74, 6) is 0.663. The van der Waals surface area contributed by atoms with Crippen LogP contribution in [0.15, 0.2) is 47.1 Å². The minimum absolute atomic E-state index is 0.0103. The highest BCUT2D eigenvalue weighted by molar-refractivity contribution is 7.87. The van der Waals surface area contributed by atoms with Crippen LogP contribution < -0.4 is 4.18 Å². The molecule has 0 saturated heterocycles. The normalized spacial score (nSPS) is 11.5. The van der Waals surface area contributed by atoms with Gasteiger partial charge in [0.1, 0.15) is 11.5 Å². The molecular weight excluding hydrogens is 342 g/mol. The molecule has 1 heterocycles. The molecule has 0 aliphatic heterocycles. The molecule has 7 heteroatoms. The molecule has 2 aromatic rings. The summed E-state index contributed by atoms with van der Waals surface area (Å²) in [6, 6.07) is 10.3. The Kier molecular flexibility index (Phi) is 6.25. The molecule has 0 radical (unpaired) electrons. The summed E-state index contributed by atoms with van der Waals surface area (Å²) < 4.78 is 33.6. The van der Waals surface area contributed by atoms with Crippen molar-refractivity contribution in [3.63, 3.8) is 0 Å². The van der Waals surface area contributed by atoms with E-state index in [1.165, 1.54) is 6.92 Å². The van der Waals surface area contributed by atoms with Gasteiger partial charge in [-0.05, 0) is 36.8 Å². The Morgan fingerprint density at radius 3 is 2.56 bits per heavy atom. The summed E-state index contributed by atoms with van der Waals surface area (Å²) in [5.41, 5.74) is 0.782. The van der Waals surface area contributed by atoms with E-state index in [0.29, 0.717) is 18.8 Å². The topological polar surface area (TPSA) is 76.8 Å². The average molecular weight is 365 g/mol. The van der Waals surface area contributed by atoms with Gasteiger partial charge in [0.25, 0.3) is 0 Å². The van der Waals surface area contributed by atoms with E-state index in [9.17, 15) is 13.2 Å². The largest absolute Gasteiger partial charge is 0.467 e. The van der Waals surface area contributed by atoms with Gasteiger partial charge in [-0.15, -0.1) is 0 Å². The fraction of sp³-hybridized carbons (Fsp3) is 0.389. The van der Waals surface area contributed by atoms with Crippen LogP contribution in [0.1, 0.15) is 32.1 Å². The van der Waals surface area contributed by atoms with E-state index in [-0.39, 0.29) is 23.3 Å². The zero-order valence-electron chi connectivity index (χ0n) is 14.6. The van der Waals surface area contributed by atoms with Crippen molar-refractivity contribution in [3.05, 3.63) is 54.0 Å². The number of carbonyl (C=O) groups is 1. The minimum atomic E-state index is -3.58. The van der Waals surface area contributed by atoms with E-state index in [1.54, 1.807) is 35.4 Å². The van der Waals surface area contributed by atoms with Crippen LogP contribution in [-0.4, -0.2) is 25.0 Å². The number of amides is 1. The van der Waals surface area contributed by atoms with Crippen molar-refractivity contribution in [3.8, 4) is 5.75 Å². The number of rotatable bonds is 8. The van der Waals surface area contributed by atoms with Gasteiger partial charge in [-0.25, -0.2) is 0 Å². The number of nitrogens with zero attached hydrogens (tertiary/aromatic N) is 1. The second kappa shape index (κ2) is 8.20. The first-order valence-corrected chi connectivity index (χ1v) is 9.70. The molecule has 6 nitrogen and oxygen atoms in total. The molecule has 0 spiro atoms. The summed E-state index contributed by atoms with van der Waals surface area (Å²) in [5, 5.41) is 0. The SMILES string of the molecule is CCS(=O)(=O)Oc1cccc(CN(Cc2ccco2)C(=O)C(C)C)c1. The maximum atomic E-state index is 12.5. The molecule has 1 aromatic carbocycles. The third kappa shape index (κ3) is 5.63. The van der Waals surface area contributed by atoms with E-state index in [2.05, 4.69) is 0 Å². The summed E-state index contributed by atoms with van der Waals surface area (Å²) >= 11 is 0. The van der Waals surface area contributed by atoms with E-state index in [1.807, 2.05) is 26.0 Å². The lowest BCUT2D eigenvalue weighted by Crippen LogP contribution is -2.33. The second-order valence-electron chi connectivity index (χ2n) is 6.01. The minimum Gasteiger partial charge on any atom is -0.467 e. The van der Waals surface area contributed by atoms with Gasteiger partial charge in [-0.3, -0.25) is 4.79 Å². The number of carbonyl (C=O) groups excluding carboxylic acids is 1. The molecule has 0 atom stereocenters. The first-order chi connectivity index (χ1) is 11.8. The van der Waals surface area contributed by atoms with Crippen LogP contribution in [0.25, 0.3) is 0 Å². The molecule has 0 bridgehead atoms. The lowest BCUT2D eigenvalue weighted by Gasteiger charge is -2.24. The zero-order valence-corrected chi connectivity index (χ0v) is 15.5. The van der Waals surface area contributed by atoms with Gasteiger partial charge in [0.05, 0.1) is 18.6 Å². The van der Waals surface area contributed by atoms with Crippen molar-refractivity contribution < 1.29 is 21.8 Å². The fourth-order valence-electron chi connectivity index (χ4n) is 2.29. The van der Waals surface area contributed by atoms with Crippen LogP contribution in [0.4, 0.5) is 0 Å². The third-order valence-corrected chi connectivity index (χ3v) is 4.73. The van der Waals surface area contributed by atoms with E-state index in [4.69, 9.17) is 8.60 Å². The van der Waals surface area contributed by atoms with Crippen LogP contribution in [0.5, 0.6) is 5.75 Å². The first kappa shape index (κ1) is 19.1. The maximum Gasteiger partial charge on any atom is 0.308 e. The molecule has 0 unspecified atom stereocenters. The van der Waals surface area contributed by atoms with Gasteiger partial charge in [0.2, 0.25) is 5.91 Å². The van der Waals surface area contributed by atoms with E-state index >= 15 is 0 Å². The monoisotopic (exact) mass is 365 g/mol. The van der Waals surface area contributed by atoms with Crippen LogP contribution in [0, 0.1) is 5.92 Å². The van der Waals surface area contributed by atoms with Gasteiger partial charge >= 0.3 is 10.1 Å². The van der Waals surface area contributed by atoms with Crippen molar-refractivity contribution in [2.24, 2.45) is 5.92 Å². The highest BCUT2D eigenvalue weighted by Crippen LogP contribution is 2.19. The molecule has 1 amide bonds. The summed E-state index contributed by atoms with van der Waals surface area (Å²) in [4.78, 5) is 14.2. The average Bonchev–Trinajstić information content (AvgIpc) is 3.06. The van der Waals surface area contributed by atoms with Gasteiger partial charge < -0.3 is 13.5 Å². The number of hydrogen-bond acceptors (Lipinski definition) is 5. The summed E-state index contributed by atoms with van der Waals surface area (Å²) in [7, 11) is -3.58. The van der Waals surface area contributed by atoms with Crippen molar-refractivity contribution in [1.29, 1.82) is 0 Å². The number of benzene rings is 1. The molecule has 0 aliphatic rings. The van der Waals surface area contributed by atoms with Crippen molar-refractivity contribution in [2.75, 3.05) is 5.75 Å². The van der Waals surface area contributed by atoms with Crippen molar-refractivity contribution in [1.82, 2.24) is 4.90 Å². The van der Waals surface area contributed by atoms with Crippen LogP contribution in [-0.2, 0) is 28.0 Å². The molecule has 0 aliphatic carbocycles. The van der Waals surface area contributed by atoms with Gasteiger partial charge in [0, 0.05) is 12.5 Å². The molecule has 0 saturated carbocycles. The zero-order chi connectivity index (χ0) is 18.4. The Bertz CT molecular complexity index is 797. The van der Waals surface area contributed by atoms with Gasteiger partial charge in [-0.1, -0.05) is 26.0 Å². The third-order valence-electron chi connectivity index (χ3n) is 3.58. The molecule has 0 N–H and O–H groups in total. The second-order valence-corrected chi connectivity index (χ2v) is 7.86. The number of furan rings is 1. The standard InChI is InChI=1S/C18H23NO5S/c1-4-25(21,22)24-16-8-5-7-15(11-16)12-19(18(20)14(2)3)13-17-9-6-10-23-17/h5-11,14H,4,12-13H2,1-3H3. The molecule has 0 fully saturated rings. The molecule has 25 heavy (non-hydrogen) atoms. The first-order valence-electron chi connectivity index (χ1n) is 8.13. The Morgan fingerprint density at radius 1 is 1.20 bits per heavy atom. The molecule has 136 valence electrons. The highest BCUT2D eigenvalue weighted by atomic mass is 32.2. The molecule has 2 rings (SSSR count). The van der Waals surface area contributed by atoms with E-state index < -0.39 is 10.1 Å².